The van der Waals surface area contributed by atoms with E-state index in [9.17, 15) is 9.59 Å². The molecule has 1 fully saturated rings. The van der Waals surface area contributed by atoms with Gasteiger partial charge < -0.3 is 14.2 Å². The van der Waals surface area contributed by atoms with Crippen molar-refractivity contribution in [2.24, 2.45) is 0 Å². The number of rotatable bonds is 5. The molecule has 0 bridgehead atoms. The number of pyridine rings is 1. The Morgan fingerprint density at radius 3 is 2.60 bits per heavy atom. The van der Waals surface area contributed by atoms with E-state index in [0.29, 0.717) is 32.1 Å². The Morgan fingerprint density at radius 1 is 1.05 bits per heavy atom. The number of ether oxygens (including phenoxy) is 3. The number of hydrogen-bond acceptors (Lipinski definition) is 8. The molecule has 0 aliphatic carbocycles. The highest BCUT2D eigenvalue weighted by atomic mass is 32.2. The maximum atomic E-state index is 13.6. The number of carbonyl (C=O) groups is 1. The molecule has 4 aromatic rings. The van der Waals surface area contributed by atoms with E-state index in [1.807, 2.05) is 42.5 Å². The van der Waals surface area contributed by atoms with Crippen LogP contribution < -0.4 is 19.8 Å². The molecule has 0 spiro atoms. The Morgan fingerprint density at radius 2 is 1.82 bits per heavy atom. The first-order valence-corrected chi connectivity index (χ1v) is 13.8. The first-order valence-electron chi connectivity index (χ1n) is 12.6. The molecule has 0 atom stereocenters. The van der Waals surface area contributed by atoms with Gasteiger partial charge in [-0.25, -0.2) is 0 Å². The number of hydrogen-bond donors (Lipinski definition) is 0. The number of fused-ring (bicyclic) bond motifs is 2. The Balaban J connectivity index is 1.35. The smallest absolute Gasteiger partial charge is 0.269 e. The van der Waals surface area contributed by atoms with Crippen LogP contribution in [0.4, 0.5) is 0 Å². The van der Waals surface area contributed by atoms with Crippen LogP contribution in [-0.2, 0) is 16.8 Å². The molecule has 10 heteroatoms. The molecule has 6 rings (SSSR count). The fourth-order valence-electron chi connectivity index (χ4n) is 4.41. The van der Waals surface area contributed by atoms with Crippen LogP contribution in [0.2, 0.25) is 0 Å². The van der Waals surface area contributed by atoms with Crippen molar-refractivity contribution in [2.75, 3.05) is 6.79 Å². The number of thiocarbonyl (C=S) groups is 1. The lowest BCUT2D eigenvalue weighted by Crippen LogP contribution is -2.27. The van der Waals surface area contributed by atoms with Crippen LogP contribution in [0.15, 0.2) is 76.6 Å². The minimum atomic E-state index is -0.354. The van der Waals surface area contributed by atoms with Crippen molar-refractivity contribution >= 4 is 45.9 Å². The van der Waals surface area contributed by atoms with E-state index < -0.39 is 0 Å². The second-order valence-electron chi connectivity index (χ2n) is 10.4. The van der Waals surface area contributed by atoms with Gasteiger partial charge >= 0.3 is 0 Å². The van der Waals surface area contributed by atoms with Crippen molar-refractivity contribution in [1.82, 2.24) is 14.3 Å². The summed E-state index contributed by atoms with van der Waals surface area (Å²) in [6.45, 7) is 6.83. The van der Waals surface area contributed by atoms with Gasteiger partial charge in [0, 0.05) is 6.20 Å². The van der Waals surface area contributed by atoms with Crippen molar-refractivity contribution in [3.8, 4) is 23.1 Å². The standard InChI is InChI=1S/C30H25N3O5S2/c1-30(2,3)19-8-10-20(11-9-19)38-26-21(27(34)32-13-5-4-6-25(32)31-26)15-24-28(35)33(29(39)40-24)16-18-7-12-22-23(14-18)37-17-36-22/h4-15H,16-17H2,1-3H3/b24-15-. The van der Waals surface area contributed by atoms with Crippen LogP contribution in [0, 0.1) is 0 Å². The zero-order valence-electron chi connectivity index (χ0n) is 22.0. The second-order valence-corrected chi connectivity index (χ2v) is 12.1. The highest BCUT2D eigenvalue weighted by Gasteiger charge is 2.33. The lowest BCUT2D eigenvalue weighted by atomic mass is 9.87. The normalized spacial score (nSPS) is 15.9. The monoisotopic (exact) mass is 571 g/mol. The number of nitrogens with zero attached hydrogens (tertiary/aromatic N) is 3. The molecular weight excluding hydrogens is 546 g/mol. The number of aromatic nitrogens is 2. The molecular formula is C30H25N3O5S2. The number of carbonyl (C=O) groups excluding carboxylic acids is 1. The average molecular weight is 572 g/mol. The van der Waals surface area contributed by atoms with Crippen molar-refractivity contribution < 1.29 is 19.0 Å². The molecule has 0 N–H and O–H groups in total. The maximum Gasteiger partial charge on any atom is 0.269 e. The van der Waals surface area contributed by atoms with E-state index in [4.69, 9.17) is 26.4 Å². The summed E-state index contributed by atoms with van der Waals surface area (Å²) in [6, 6.07) is 18.5. The molecule has 2 aliphatic heterocycles. The number of amides is 1. The number of thioether (sulfide) groups is 1. The van der Waals surface area contributed by atoms with Crippen LogP contribution in [-0.4, -0.2) is 31.3 Å². The summed E-state index contributed by atoms with van der Waals surface area (Å²) in [7, 11) is 0. The van der Waals surface area contributed by atoms with E-state index in [-0.39, 0.29) is 41.7 Å². The van der Waals surface area contributed by atoms with Gasteiger partial charge in [0.15, 0.2) is 11.5 Å². The minimum absolute atomic E-state index is 0.0148. The predicted octanol–water partition coefficient (Wildman–Crippen LogP) is 5.91. The van der Waals surface area contributed by atoms with Crippen LogP contribution in [0.5, 0.6) is 23.1 Å². The van der Waals surface area contributed by atoms with Crippen LogP contribution in [0.25, 0.3) is 11.7 Å². The molecule has 1 saturated heterocycles. The fourth-order valence-corrected chi connectivity index (χ4v) is 5.64. The Labute approximate surface area is 240 Å². The van der Waals surface area contributed by atoms with E-state index in [2.05, 4.69) is 25.8 Å². The quantitative estimate of drug-likeness (QED) is 0.216. The molecule has 1 amide bonds. The Bertz CT molecular complexity index is 1760. The van der Waals surface area contributed by atoms with Crippen molar-refractivity contribution in [2.45, 2.75) is 32.7 Å². The topological polar surface area (TPSA) is 82.4 Å². The number of benzene rings is 2. The summed E-state index contributed by atoms with van der Waals surface area (Å²) >= 11 is 6.68. The molecule has 0 unspecified atom stereocenters. The van der Waals surface area contributed by atoms with Gasteiger partial charge in [-0.15, -0.1) is 0 Å². The Kier molecular flexibility index (Phi) is 6.59. The molecule has 202 valence electrons. The summed E-state index contributed by atoms with van der Waals surface area (Å²) in [5.74, 6) is 1.64. The fraction of sp³-hybridized carbons (Fsp3) is 0.200. The first-order chi connectivity index (χ1) is 19.2. The molecule has 40 heavy (non-hydrogen) atoms. The average Bonchev–Trinajstić information content (AvgIpc) is 3.50. The van der Waals surface area contributed by atoms with Gasteiger partial charge in [0.05, 0.1) is 11.4 Å². The van der Waals surface area contributed by atoms with Gasteiger partial charge in [-0.2, -0.15) is 4.98 Å². The molecule has 4 heterocycles. The van der Waals surface area contributed by atoms with Crippen LogP contribution in [0.3, 0.4) is 0 Å². The van der Waals surface area contributed by atoms with E-state index in [1.54, 1.807) is 24.4 Å². The summed E-state index contributed by atoms with van der Waals surface area (Å²) in [5.41, 5.74) is 2.22. The molecule has 8 nitrogen and oxygen atoms in total. The largest absolute Gasteiger partial charge is 0.454 e. The SMILES string of the molecule is CC(C)(C)c1ccc(Oc2nc3ccccn3c(=O)c2/C=C2\SC(=S)N(Cc3ccc4c(c3)OCO4)C2=O)cc1. The van der Waals surface area contributed by atoms with Gasteiger partial charge in [-0.3, -0.25) is 18.9 Å². The molecule has 0 radical (unpaired) electrons. The summed E-state index contributed by atoms with van der Waals surface area (Å²) in [6.07, 6.45) is 3.15. The third-order valence-corrected chi connectivity index (χ3v) is 7.97. The molecule has 0 saturated carbocycles. The summed E-state index contributed by atoms with van der Waals surface area (Å²) in [4.78, 5) is 33.5. The summed E-state index contributed by atoms with van der Waals surface area (Å²) in [5, 5.41) is 0. The highest BCUT2D eigenvalue weighted by molar-refractivity contribution is 8.26. The van der Waals surface area contributed by atoms with Gasteiger partial charge in [0.25, 0.3) is 11.5 Å². The highest BCUT2D eigenvalue weighted by Crippen LogP contribution is 2.37. The lowest BCUT2D eigenvalue weighted by Gasteiger charge is -2.19. The summed E-state index contributed by atoms with van der Waals surface area (Å²) < 4.78 is 18.8. The van der Waals surface area contributed by atoms with Crippen LogP contribution in [0.1, 0.15) is 37.5 Å². The van der Waals surface area contributed by atoms with Crippen LogP contribution >= 0.6 is 24.0 Å². The second kappa shape index (κ2) is 10.1. The van der Waals surface area contributed by atoms with Gasteiger partial charge in [0.2, 0.25) is 12.7 Å². The minimum Gasteiger partial charge on any atom is -0.454 e. The third-order valence-electron chi connectivity index (χ3n) is 6.60. The molecule has 2 aromatic heterocycles. The third kappa shape index (κ3) is 4.96. The Hall–Kier alpha value is -4.15. The van der Waals surface area contributed by atoms with Crippen molar-refractivity contribution in [3.63, 3.8) is 0 Å². The predicted molar refractivity (Wildman–Crippen MR) is 158 cm³/mol. The first kappa shape index (κ1) is 26.1. The molecule has 2 aliphatic rings. The van der Waals surface area contributed by atoms with E-state index in [0.717, 1.165) is 22.9 Å². The van der Waals surface area contributed by atoms with E-state index in [1.165, 1.54) is 15.4 Å². The zero-order valence-corrected chi connectivity index (χ0v) is 23.7. The molecule has 2 aromatic carbocycles. The van der Waals surface area contributed by atoms with Gasteiger partial charge in [-0.05, 0) is 59.0 Å². The lowest BCUT2D eigenvalue weighted by molar-refractivity contribution is -0.122. The van der Waals surface area contributed by atoms with E-state index >= 15 is 0 Å². The van der Waals surface area contributed by atoms with Crippen molar-refractivity contribution in [1.29, 1.82) is 0 Å². The van der Waals surface area contributed by atoms with Gasteiger partial charge in [-0.1, -0.05) is 69.0 Å². The zero-order chi connectivity index (χ0) is 28.0. The van der Waals surface area contributed by atoms with Gasteiger partial charge in [0.1, 0.15) is 21.3 Å². The van der Waals surface area contributed by atoms with Crippen molar-refractivity contribution in [3.05, 3.63) is 98.8 Å². The maximum absolute atomic E-state index is 13.6.